The van der Waals surface area contributed by atoms with Gasteiger partial charge in [-0.1, -0.05) is 6.42 Å². The zero-order valence-electron chi connectivity index (χ0n) is 8.94. The molecule has 1 saturated heterocycles. The molecule has 2 aliphatic rings. The molecule has 0 amide bonds. The lowest BCUT2D eigenvalue weighted by Gasteiger charge is -2.26. The van der Waals surface area contributed by atoms with Gasteiger partial charge in [0.25, 0.3) is 0 Å². The fourth-order valence-electron chi connectivity index (χ4n) is 2.05. The third kappa shape index (κ3) is 3.18. The van der Waals surface area contributed by atoms with Crippen LogP contribution in [0.15, 0.2) is 0 Å². The Balaban J connectivity index is 1.74. The van der Waals surface area contributed by atoms with Gasteiger partial charge in [-0.15, -0.1) is 0 Å². The Bertz CT molecular complexity index is 205. The highest BCUT2D eigenvalue weighted by Crippen LogP contribution is 2.21. The summed E-state index contributed by atoms with van der Waals surface area (Å²) in [5.74, 6) is -0.249. The highest BCUT2D eigenvalue weighted by molar-refractivity contribution is 5.75. The molecule has 4 nitrogen and oxygen atoms in total. The number of carbonyl (C=O) groups excluding carboxylic acids is 1. The van der Waals surface area contributed by atoms with Crippen LogP contribution in [-0.4, -0.2) is 38.0 Å². The van der Waals surface area contributed by atoms with Gasteiger partial charge in [0, 0.05) is 0 Å². The molecule has 4 heteroatoms. The van der Waals surface area contributed by atoms with Crippen molar-refractivity contribution in [3.05, 3.63) is 0 Å². The van der Waals surface area contributed by atoms with Crippen LogP contribution in [0.4, 0.5) is 0 Å². The first-order valence-corrected chi connectivity index (χ1v) is 5.76. The lowest BCUT2D eigenvalue weighted by Crippen LogP contribution is -2.38. The summed E-state index contributed by atoms with van der Waals surface area (Å²) >= 11 is 0. The lowest BCUT2D eigenvalue weighted by atomic mass is 9.98. The molecule has 0 radical (unpaired) electrons. The Kier molecular flexibility index (Phi) is 3.97. The number of hydrogen-bond donors (Lipinski definition) is 0. The summed E-state index contributed by atoms with van der Waals surface area (Å²) in [7, 11) is 0. The van der Waals surface area contributed by atoms with Crippen LogP contribution in [0, 0.1) is 0 Å². The van der Waals surface area contributed by atoms with Crippen molar-refractivity contribution in [2.45, 2.75) is 44.3 Å². The second-order valence-corrected chi connectivity index (χ2v) is 4.13. The molecule has 0 bridgehead atoms. The summed E-state index contributed by atoms with van der Waals surface area (Å²) < 4.78 is 15.8. The van der Waals surface area contributed by atoms with E-state index in [0.717, 1.165) is 12.8 Å². The molecule has 86 valence electrons. The van der Waals surface area contributed by atoms with E-state index in [1.165, 1.54) is 19.3 Å². The molecule has 15 heavy (non-hydrogen) atoms. The predicted octanol–water partition coefficient (Wildman–Crippen LogP) is 1.28. The quantitative estimate of drug-likeness (QED) is 0.649. The van der Waals surface area contributed by atoms with Gasteiger partial charge in [0.1, 0.15) is 6.10 Å². The van der Waals surface area contributed by atoms with E-state index in [9.17, 15) is 4.79 Å². The fourth-order valence-corrected chi connectivity index (χ4v) is 2.05. The van der Waals surface area contributed by atoms with E-state index in [-0.39, 0.29) is 12.1 Å². The van der Waals surface area contributed by atoms with Crippen molar-refractivity contribution in [3.8, 4) is 0 Å². The predicted molar refractivity (Wildman–Crippen MR) is 53.5 cm³/mol. The van der Waals surface area contributed by atoms with Crippen molar-refractivity contribution < 1.29 is 19.0 Å². The second kappa shape index (κ2) is 5.47. The van der Waals surface area contributed by atoms with Gasteiger partial charge in [-0.25, -0.2) is 4.79 Å². The van der Waals surface area contributed by atoms with E-state index in [0.29, 0.717) is 19.8 Å². The number of rotatable bonds is 2. The van der Waals surface area contributed by atoms with Crippen molar-refractivity contribution >= 4 is 5.97 Å². The number of carbonyl (C=O) groups is 1. The molecular weight excluding hydrogens is 196 g/mol. The van der Waals surface area contributed by atoms with Gasteiger partial charge in [0.05, 0.1) is 19.8 Å². The van der Waals surface area contributed by atoms with Crippen LogP contribution in [-0.2, 0) is 19.0 Å². The molecule has 0 aromatic heterocycles. The van der Waals surface area contributed by atoms with Gasteiger partial charge in [-0.2, -0.15) is 0 Å². The first-order chi connectivity index (χ1) is 7.36. The van der Waals surface area contributed by atoms with Gasteiger partial charge in [0.2, 0.25) is 0 Å². The zero-order chi connectivity index (χ0) is 10.5. The minimum absolute atomic E-state index is 0.108. The molecule has 1 heterocycles. The van der Waals surface area contributed by atoms with Crippen LogP contribution in [0.1, 0.15) is 32.1 Å². The highest BCUT2D eigenvalue weighted by atomic mass is 16.6. The maximum Gasteiger partial charge on any atom is 0.337 e. The summed E-state index contributed by atoms with van der Waals surface area (Å²) in [6.45, 7) is 1.41. The molecule has 0 aromatic rings. The molecular formula is C11H18O4. The van der Waals surface area contributed by atoms with Gasteiger partial charge in [0.15, 0.2) is 6.10 Å². The van der Waals surface area contributed by atoms with Crippen molar-refractivity contribution in [2.75, 3.05) is 19.8 Å². The fraction of sp³-hybridized carbons (Fsp3) is 0.909. The monoisotopic (exact) mass is 214 g/mol. The van der Waals surface area contributed by atoms with Crippen molar-refractivity contribution in [1.82, 2.24) is 0 Å². The lowest BCUT2D eigenvalue weighted by molar-refractivity contribution is -0.177. The highest BCUT2D eigenvalue weighted by Gasteiger charge is 2.27. The molecule has 0 aromatic carbocycles. The average molecular weight is 214 g/mol. The van der Waals surface area contributed by atoms with E-state index in [1.807, 2.05) is 0 Å². The molecule has 1 atom stereocenters. The summed E-state index contributed by atoms with van der Waals surface area (Å²) in [5, 5.41) is 0. The van der Waals surface area contributed by atoms with E-state index in [1.54, 1.807) is 0 Å². The molecule has 0 N–H and O–H groups in total. The van der Waals surface area contributed by atoms with Gasteiger partial charge < -0.3 is 14.2 Å². The standard InChI is InChI=1S/C11H18O4/c12-11(10-8-13-6-7-14-10)15-9-4-2-1-3-5-9/h9-10H,1-8H2. The van der Waals surface area contributed by atoms with E-state index in [2.05, 4.69) is 0 Å². The van der Waals surface area contributed by atoms with Crippen LogP contribution in [0.2, 0.25) is 0 Å². The van der Waals surface area contributed by atoms with E-state index < -0.39 is 6.10 Å². The number of hydrogen-bond acceptors (Lipinski definition) is 4. The Morgan fingerprint density at radius 1 is 1.13 bits per heavy atom. The maximum atomic E-state index is 11.6. The molecule has 1 unspecified atom stereocenters. The SMILES string of the molecule is O=C(OC1CCCCC1)C1COCCO1. The van der Waals surface area contributed by atoms with Crippen LogP contribution in [0.25, 0.3) is 0 Å². The molecule has 1 saturated carbocycles. The maximum absolute atomic E-state index is 11.6. The Morgan fingerprint density at radius 3 is 2.60 bits per heavy atom. The Morgan fingerprint density at radius 2 is 1.93 bits per heavy atom. The van der Waals surface area contributed by atoms with E-state index >= 15 is 0 Å². The number of esters is 1. The topological polar surface area (TPSA) is 44.8 Å². The van der Waals surface area contributed by atoms with Crippen LogP contribution in [0.3, 0.4) is 0 Å². The summed E-state index contributed by atoms with van der Waals surface area (Å²) in [6.07, 6.45) is 5.20. The van der Waals surface area contributed by atoms with Crippen LogP contribution in [0.5, 0.6) is 0 Å². The first kappa shape index (κ1) is 10.9. The van der Waals surface area contributed by atoms with Gasteiger partial charge >= 0.3 is 5.97 Å². The van der Waals surface area contributed by atoms with Crippen LogP contribution < -0.4 is 0 Å². The van der Waals surface area contributed by atoms with Gasteiger partial charge in [-0.3, -0.25) is 0 Å². The summed E-state index contributed by atoms with van der Waals surface area (Å²) in [6, 6.07) is 0. The van der Waals surface area contributed by atoms with Crippen LogP contribution >= 0.6 is 0 Å². The first-order valence-electron chi connectivity index (χ1n) is 5.76. The minimum Gasteiger partial charge on any atom is -0.460 e. The average Bonchev–Trinajstić information content (AvgIpc) is 2.31. The Labute approximate surface area is 89.9 Å². The smallest absolute Gasteiger partial charge is 0.337 e. The van der Waals surface area contributed by atoms with Crippen molar-refractivity contribution in [2.24, 2.45) is 0 Å². The van der Waals surface area contributed by atoms with Crippen molar-refractivity contribution in [1.29, 1.82) is 0 Å². The van der Waals surface area contributed by atoms with E-state index in [4.69, 9.17) is 14.2 Å². The Hall–Kier alpha value is -0.610. The largest absolute Gasteiger partial charge is 0.460 e. The summed E-state index contributed by atoms with van der Waals surface area (Å²) in [5.41, 5.74) is 0. The third-order valence-corrected chi connectivity index (χ3v) is 2.91. The number of ether oxygens (including phenoxy) is 3. The summed E-state index contributed by atoms with van der Waals surface area (Å²) in [4.78, 5) is 11.6. The molecule has 2 fully saturated rings. The second-order valence-electron chi connectivity index (χ2n) is 4.13. The zero-order valence-corrected chi connectivity index (χ0v) is 8.94. The molecule has 1 aliphatic carbocycles. The minimum atomic E-state index is -0.499. The third-order valence-electron chi connectivity index (χ3n) is 2.91. The van der Waals surface area contributed by atoms with Crippen molar-refractivity contribution in [3.63, 3.8) is 0 Å². The molecule has 0 spiro atoms. The molecule has 1 aliphatic heterocycles. The molecule has 2 rings (SSSR count). The van der Waals surface area contributed by atoms with Gasteiger partial charge in [-0.05, 0) is 25.7 Å². The normalized spacial score (nSPS) is 28.7.